The first kappa shape index (κ1) is 16.4. The van der Waals surface area contributed by atoms with Crippen molar-refractivity contribution in [3.63, 3.8) is 0 Å². The Balaban J connectivity index is 1.47. The SMILES string of the molecule is Cc1nn(C[C@H](O)COc2ccc3c(c2)OCO3)c(=O)c2ccccc12. The van der Waals surface area contributed by atoms with Gasteiger partial charge >= 0.3 is 0 Å². The minimum Gasteiger partial charge on any atom is -0.491 e. The molecule has 1 aromatic heterocycles. The molecular formula is C19H18N2O5. The van der Waals surface area contributed by atoms with Crippen molar-refractivity contribution in [2.75, 3.05) is 13.4 Å². The highest BCUT2D eigenvalue weighted by atomic mass is 16.7. The maximum atomic E-state index is 12.5. The van der Waals surface area contributed by atoms with Gasteiger partial charge in [-0.25, -0.2) is 4.68 Å². The number of fused-ring (bicyclic) bond motifs is 2. The standard InChI is InChI=1S/C19H18N2O5/c1-12-15-4-2-3-5-16(15)19(23)21(20-12)9-13(22)10-24-14-6-7-17-18(8-14)26-11-25-17/h2-8,13,22H,9-11H2,1H3/t13-/m0/s1. The summed E-state index contributed by atoms with van der Waals surface area (Å²) in [6.45, 7) is 2.11. The molecule has 0 radical (unpaired) electrons. The van der Waals surface area contributed by atoms with Gasteiger partial charge in [0.2, 0.25) is 6.79 Å². The average Bonchev–Trinajstić information content (AvgIpc) is 3.12. The van der Waals surface area contributed by atoms with Gasteiger partial charge in [-0.2, -0.15) is 5.10 Å². The van der Waals surface area contributed by atoms with Crippen LogP contribution in [-0.4, -0.2) is 34.4 Å². The Morgan fingerprint density at radius 2 is 1.96 bits per heavy atom. The molecule has 0 saturated carbocycles. The molecule has 0 amide bonds. The number of nitrogens with zero attached hydrogens (tertiary/aromatic N) is 2. The fraction of sp³-hybridized carbons (Fsp3) is 0.263. The Morgan fingerprint density at radius 3 is 2.81 bits per heavy atom. The third-order valence-electron chi connectivity index (χ3n) is 4.22. The van der Waals surface area contributed by atoms with Crippen LogP contribution in [0.4, 0.5) is 0 Å². The molecule has 2 aromatic carbocycles. The van der Waals surface area contributed by atoms with Crippen molar-refractivity contribution < 1.29 is 19.3 Å². The fourth-order valence-electron chi connectivity index (χ4n) is 2.94. The second-order valence-corrected chi connectivity index (χ2v) is 6.10. The van der Waals surface area contributed by atoms with E-state index in [9.17, 15) is 9.90 Å². The molecule has 0 unspecified atom stereocenters. The van der Waals surface area contributed by atoms with Gasteiger partial charge in [0.25, 0.3) is 5.56 Å². The van der Waals surface area contributed by atoms with Gasteiger partial charge in [-0.15, -0.1) is 0 Å². The van der Waals surface area contributed by atoms with E-state index < -0.39 is 6.10 Å². The molecule has 0 bridgehead atoms. The summed E-state index contributed by atoms with van der Waals surface area (Å²) in [5.41, 5.74) is 0.511. The van der Waals surface area contributed by atoms with Crippen LogP contribution in [0.2, 0.25) is 0 Å². The van der Waals surface area contributed by atoms with Crippen LogP contribution in [0.5, 0.6) is 17.2 Å². The predicted octanol–water partition coefficient (Wildman–Crippen LogP) is 1.87. The molecule has 7 nitrogen and oxygen atoms in total. The zero-order valence-corrected chi connectivity index (χ0v) is 14.2. The van der Waals surface area contributed by atoms with E-state index in [1.807, 2.05) is 25.1 Å². The van der Waals surface area contributed by atoms with E-state index in [4.69, 9.17) is 14.2 Å². The average molecular weight is 354 g/mol. The summed E-state index contributed by atoms with van der Waals surface area (Å²) in [7, 11) is 0. The van der Waals surface area contributed by atoms with E-state index in [1.165, 1.54) is 4.68 Å². The first-order chi connectivity index (χ1) is 12.6. The summed E-state index contributed by atoms with van der Waals surface area (Å²) in [5.74, 6) is 1.84. The largest absolute Gasteiger partial charge is 0.491 e. The Hall–Kier alpha value is -3.06. The third kappa shape index (κ3) is 3.09. The lowest BCUT2D eigenvalue weighted by atomic mass is 10.1. The summed E-state index contributed by atoms with van der Waals surface area (Å²) in [5, 5.41) is 16.0. The van der Waals surface area contributed by atoms with Crippen molar-refractivity contribution >= 4 is 10.8 Å². The van der Waals surface area contributed by atoms with E-state index in [0.717, 1.165) is 11.1 Å². The number of rotatable bonds is 5. The number of ether oxygens (including phenoxy) is 3. The zero-order chi connectivity index (χ0) is 18.1. The number of hydrogen-bond acceptors (Lipinski definition) is 6. The fourth-order valence-corrected chi connectivity index (χ4v) is 2.94. The minimum absolute atomic E-state index is 0.0274. The quantitative estimate of drug-likeness (QED) is 0.753. The van der Waals surface area contributed by atoms with Gasteiger partial charge in [-0.3, -0.25) is 4.79 Å². The van der Waals surface area contributed by atoms with Crippen LogP contribution >= 0.6 is 0 Å². The lowest BCUT2D eigenvalue weighted by molar-refractivity contribution is 0.0879. The number of aliphatic hydroxyl groups is 1. The maximum Gasteiger partial charge on any atom is 0.274 e. The number of hydrogen-bond donors (Lipinski definition) is 1. The number of benzene rings is 2. The van der Waals surface area contributed by atoms with Crippen LogP contribution in [-0.2, 0) is 6.54 Å². The molecule has 7 heteroatoms. The number of aromatic nitrogens is 2. The Bertz CT molecular complexity index is 1010. The molecule has 3 aromatic rings. The molecule has 26 heavy (non-hydrogen) atoms. The molecule has 1 atom stereocenters. The Morgan fingerprint density at radius 1 is 1.19 bits per heavy atom. The molecule has 1 N–H and O–H groups in total. The molecule has 0 spiro atoms. The van der Waals surface area contributed by atoms with Crippen molar-refractivity contribution in [2.45, 2.75) is 19.6 Å². The molecule has 1 aliphatic rings. The van der Waals surface area contributed by atoms with Gasteiger partial charge in [-0.05, 0) is 25.1 Å². The lowest BCUT2D eigenvalue weighted by Gasteiger charge is -2.14. The monoisotopic (exact) mass is 354 g/mol. The molecular weight excluding hydrogens is 336 g/mol. The number of aliphatic hydroxyl groups excluding tert-OH is 1. The van der Waals surface area contributed by atoms with Crippen LogP contribution in [0.25, 0.3) is 10.8 Å². The molecule has 0 saturated heterocycles. The van der Waals surface area contributed by atoms with Crippen LogP contribution in [0, 0.1) is 6.92 Å². The van der Waals surface area contributed by atoms with Crippen LogP contribution in [0.1, 0.15) is 5.69 Å². The molecule has 4 rings (SSSR count). The summed E-state index contributed by atoms with van der Waals surface area (Å²) in [6.07, 6.45) is -0.883. The first-order valence-corrected chi connectivity index (χ1v) is 8.29. The van der Waals surface area contributed by atoms with Crippen molar-refractivity contribution in [2.24, 2.45) is 0 Å². The van der Waals surface area contributed by atoms with Gasteiger partial charge in [-0.1, -0.05) is 18.2 Å². The second kappa shape index (κ2) is 6.68. The second-order valence-electron chi connectivity index (χ2n) is 6.10. The first-order valence-electron chi connectivity index (χ1n) is 8.29. The van der Waals surface area contributed by atoms with E-state index >= 15 is 0 Å². The predicted molar refractivity (Wildman–Crippen MR) is 94.8 cm³/mol. The van der Waals surface area contributed by atoms with Gasteiger partial charge in [0.05, 0.1) is 17.6 Å². The summed E-state index contributed by atoms with van der Waals surface area (Å²) < 4.78 is 17.4. The third-order valence-corrected chi connectivity index (χ3v) is 4.22. The van der Waals surface area contributed by atoms with Crippen LogP contribution in [0.15, 0.2) is 47.3 Å². The molecule has 1 aliphatic heterocycles. The zero-order valence-electron chi connectivity index (χ0n) is 14.2. The highest BCUT2D eigenvalue weighted by Gasteiger charge is 2.15. The van der Waals surface area contributed by atoms with Crippen molar-refractivity contribution in [3.05, 3.63) is 58.5 Å². The van der Waals surface area contributed by atoms with E-state index in [2.05, 4.69) is 5.10 Å². The topological polar surface area (TPSA) is 82.8 Å². The molecule has 0 fully saturated rings. The molecule has 0 aliphatic carbocycles. The van der Waals surface area contributed by atoms with E-state index in [0.29, 0.717) is 22.6 Å². The normalized spacial score (nSPS) is 13.8. The van der Waals surface area contributed by atoms with Crippen molar-refractivity contribution in [3.8, 4) is 17.2 Å². The van der Waals surface area contributed by atoms with E-state index in [1.54, 1.807) is 24.3 Å². The minimum atomic E-state index is -0.883. The molecule has 134 valence electrons. The lowest BCUT2D eigenvalue weighted by Crippen LogP contribution is -2.32. The highest BCUT2D eigenvalue weighted by Crippen LogP contribution is 2.35. The highest BCUT2D eigenvalue weighted by molar-refractivity contribution is 5.83. The van der Waals surface area contributed by atoms with Crippen LogP contribution < -0.4 is 19.8 Å². The van der Waals surface area contributed by atoms with Gasteiger partial charge < -0.3 is 19.3 Å². The summed E-state index contributed by atoms with van der Waals surface area (Å²) in [6, 6.07) is 12.5. The Labute approximate surface area is 149 Å². The summed E-state index contributed by atoms with van der Waals surface area (Å²) >= 11 is 0. The van der Waals surface area contributed by atoms with Crippen molar-refractivity contribution in [1.82, 2.24) is 9.78 Å². The summed E-state index contributed by atoms with van der Waals surface area (Å²) in [4.78, 5) is 12.5. The van der Waals surface area contributed by atoms with E-state index in [-0.39, 0.29) is 25.5 Å². The smallest absolute Gasteiger partial charge is 0.274 e. The maximum absolute atomic E-state index is 12.5. The van der Waals surface area contributed by atoms with Crippen molar-refractivity contribution in [1.29, 1.82) is 0 Å². The van der Waals surface area contributed by atoms with Gasteiger partial charge in [0.1, 0.15) is 18.5 Å². The van der Waals surface area contributed by atoms with Crippen LogP contribution in [0.3, 0.4) is 0 Å². The van der Waals surface area contributed by atoms with Gasteiger partial charge in [0, 0.05) is 11.5 Å². The number of aryl methyl sites for hydroxylation is 1. The Kier molecular flexibility index (Phi) is 4.22. The molecule has 2 heterocycles. The van der Waals surface area contributed by atoms with Gasteiger partial charge in [0.15, 0.2) is 11.5 Å².